The zero-order chi connectivity index (χ0) is 17.2. The van der Waals surface area contributed by atoms with E-state index in [4.69, 9.17) is 4.74 Å². The SMILES string of the molecule is CC1=CN(S(=O)(=O)c2ccc(C)cc2)[C@@H](Cc2ccccc2)CO1. The molecule has 2 aromatic rings. The molecule has 126 valence electrons. The fourth-order valence-corrected chi connectivity index (χ4v) is 4.29. The van der Waals surface area contributed by atoms with Gasteiger partial charge in [-0.15, -0.1) is 0 Å². The zero-order valence-electron chi connectivity index (χ0n) is 13.8. The van der Waals surface area contributed by atoms with E-state index in [2.05, 4.69) is 0 Å². The van der Waals surface area contributed by atoms with Gasteiger partial charge in [-0.1, -0.05) is 48.0 Å². The van der Waals surface area contributed by atoms with Crippen LogP contribution in [0.1, 0.15) is 18.1 Å². The average Bonchev–Trinajstić information content (AvgIpc) is 2.58. The Kier molecular flexibility index (Phi) is 4.62. The summed E-state index contributed by atoms with van der Waals surface area (Å²) in [5, 5.41) is 0. The molecule has 0 aliphatic carbocycles. The van der Waals surface area contributed by atoms with E-state index in [9.17, 15) is 8.42 Å². The fourth-order valence-electron chi connectivity index (χ4n) is 2.76. The lowest BCUT2D eigenvalue weighted by Crippen LogP contribution is -2.43. The van der Waals surface area contributed by atoms with Gasteiger partial charge >= 0.3 is 0 Å². The molecule has 3 rings (SSSR count). The van der Waals surface area contributed by atoms with E-state index in [0.717, 1.165) is 11.1 Å². The molecule has 0 fully saturated rings. The molecule has 4 nitrogen and oxygen atoms in total. The van der Waals surface area contributed by atoms with Gasteiger partial charge < -0.3 is 4.74 Å². The molecule has 0 saturated heterocycles. The molecule has 1 aliphatic rings. The Balaban J connectivity index is 1.94. The summed E-state index contributed by atoms with van der Waals surface area (Å²) in [6.45, 7) is 4.06. The summed E-state index contributed by atoms with van der Waals surface area (Å²) in [6.07, 6.45) is 2.20. The van der Waals surface area contributed by atoms with Crippen molar-refractivity contribution in [2.45, 2.75) is 31.2 Å². The second-order valence-electron chi connectivity index (χ2n) is 6.04. The first-order chi connectivity index (χ1) is 11.5. The van der Waals surface area contributed by atoms with E-state index in [1.165, 1.54) is 4.31 Å². The lowest BCUT2D eigenvalue weighted by Gasteiger charge is -2.34. The van der Waals surface area contributed by atoms with E-state index in [-0.39, 0.29) is 6.04 Å². The summed E-state index contributed by atoms with van der Waals surface area (Å²) < 4.78 is 33.2. The first-order valence-electron chi connectivity index (χ1n) is 7.92. The van der Waals surface area contributed by atoms with Crippen molar-refractivity contribution in [2.75, 3.05) is 6.61 Å². The van der Waals surface area contributed by atoms with Gasteiger partial charge in [-0.3, -0.25) is 4.31 Å². The number of ether oxygens (including phenoxy) is 1. The Labute approximate surface area is 143 Å². The van der Waals surface area contributed by atoms with Crippen molar-refractivity contribution in [3.05, 3.63) is 77.7 Å². The lowest BCUT2D eigenvalue weighted by atomic mass is 10.1. The predicted molar refractivity (Wildman–Crippen MR) is 93.8 cm³/mol. The first kappa shape index (κ1) is 16.6. The second-order valence-corrected chi connectivity index (χ2v) is 7.89. The molecule has 1 atom stereocenters. The molecule has 1 heterocycles. The molecule has 2 aromatic carbocycles. The first-order valence-corrected chi connectivity index (χ1v) is 9.36. The van der Waals surface area contributed by atoms with Gasteiger partial charge in [-0.05, 0) is 38.0 Å². The quantitative estimate of drug-likeness (QED) is 0.854. The van der Waals surface area contributed by atoms with Crippen molar-refractivity contribution < 1.29 is 13.2 Å². The van der Waals surface area contributed by atoms with Gasteiger partial charge in [0.25, 0.3) is 10.0 Å². The number of sulfonamides is 1. The normalized spacial score (nSPS) is 18.0. The monoisotopic (exact) mass is 343 g/mol. The highest BCUT2D eigenvalue weighted by Gasteiger charge is 2.32. The maximum absolute atomic E-state index is 13.1. The summed E-state index contributed by atoms with van der Waals surface area (Å²) in [5.41, 5.74) is 2.12. The number of allylic oxidation sites excluding steroid dienone is 1. The van der Waals surface area contributed by atoms with Crippen LogP contribution in [-0.4, -0.2) is 25.4 Å². The lowest BCUT2D eigenvalue weighted by molar-refractivity contribution is 0.128. The van der Waals surface area contributed by atoms with Crippen LogP contribution in [0.15, 0.2) is 71.5 Å². The summed E-state index contributed by atoms with van der Waals surface area (Å²) in [4.78, 5) is 0.303. The Morgan fingerprint density at radius 3 is 2.38 bits per heavy atom. The fraction of sp³-hybridized carbons (Fsp3) is 0.263. The van der Waals surface area contributed by atoms with Crippen LogP contribution in [0.4, 0.5) is 0 Å². The highest BCUT2D eigenvalue weighted by atomic mass is 32.2. The summed E-state index contributed by atoms with van der Waals surface area (Å²) in [7, 11) is -3.60. The van der Waals surface area contributed by atoms with E-state index in [0.29, 0.717) is 23.7 Å². The summed E-state index contributed by atoms with van der Waals surface area (Å²) in [6, 6.07) is 16.5. The van der Waals surface area contributed by atoms with Crippen molar-refractivity contribution in [3.63, 3.8) is 0 Å². The smallest absolute Gasteiger partial charge is 0.264 e. The predicted octanol–water partition coefficient (Wildman–Crippen LogP) is 3.49. The van der Waals surface area contributed by atoms with Crippen LogP contribution >= 0.6 is 0 Å². The minimum Gasteiger partial charge on any atom is -0.494 e. The van der Waals surface area contributed by atoms with Crippen LogP contribution in [-0.2, 0) is 21.2 Å². The second kappa shape index (κ2) is 6.69. The van der Waals surface area contributed by atoms with Gasteiger partial charge in [-0.2, -0.15) is 0 Å². The van der Waals surface area contributed by atoms with Crippen molar-refractivity contribution in [3.8, 4) is 0 Å². The molecule has 0 radical (unpaired) electrons. The maximum atomic E-state index is 13.1. The number of nitrogens with zero attached hydrogens (tertiary/aromatic N) is 1. The third-order valence-corrected chi connectivity index (χ3v) is 5.91. The van der Waals surface area contributed by atoms with E-state index >= 15 is 0 Å². The number of rotatable bonds is 4. The minimum atomic E-state index is -3.60. The van der Waals surface area contributed by atoms with Gasteiger partial charge in [-0.25, -0.2) is 8.42 Å². The Bertz CT molecular complexity index is 827. The van der Waals surface area contributed by atoms with Gasteiger partial charge in [0.1, 0.15) is 12.4 Å². The number of hydrogen-bond acceptors (Lipinski definition) is 3. The van der Waals surface area contributed by atoms with Crippen LogP contribution in [0.5, 0.6) is 0 Å². The van der Waals surface area contributed by atoms with Gasteiger partial charge in [0.15, 0.2) is 0 Å². The van der Waals surface area contributed by atoms with Gasteiger partial charge in [0, 0.05) is 0 Å². The number of aryl methyl sites for hydroxylation is 1. The van der Waals surface area contributed by atoms with Crippen LogP contribution < -0.4 is 0 Å². The van der Waals surface area contributed by atoms with Crippen LogP contribution in [0, 0.1) is 6.92 Å². The van der Waals surface area contributed by atoms with Gasteiger partial charge in [0.2, 0.25) is 0 Å². The third kappa shape index (κ3) is 3.46. The minimum absolute atomic E-state index is 0.262. The van der Waals surface area contributed by atoms with Crippen molar-refractivity contribution in [1.29, 1.82) is 0 Å². The Morgan fingerprint density at radius 1 is 1.04 bits per heavy atom. The average molecular weight is 343 g/mol. The summed E-state index contributed by atoms with van der Waals surface area (Å²) >= 11 is 0. The van der Waals surface area contributed by atoms with Gasteiger partial charge in [0.05, 0.1) is 17.1 Å². The molecule has 24 heavy (non-hydrogen) atoms. The highest BCUT2D eigenvalue weighted by molar-refractivity contribution is 7.89. The largest absolute Gasteiger partial charge is 0.494 e. The molecule has 1 aliphatic heterocycles. The molecule has 0 N–H and O–H groups in total. The highest BCUT2D eigenvalue weighted by Crippen LogP contribution is 2.25. The van der Waals surface area contributed by atoms with E-state index in [1.54, 1.807) is 25.3 Å². The standard InChI is InChI=1S/C19H21NO3S/c1-15-8-10-19(11-9-15)24(21,22)20-13-16(2)23-14-18(20)12-17-6-4-3-5-7-17/h3-11,13,18H,12,14H2,1-2H3/t18-/m0/s1. The van der Waals surface area contributed by atoms with Crippen molar-refractivity contribution in [1.82, 2.24) is 4.31 Å². The van der Waals surface area contributed by atoms with Crippen molar-refractivity contribution >= 4 is 10.0 Å². The van der Waals surface area contributed by atoms with Crippen LogP contribution in [0.3, 0.4) is 0 Å². The molecule has 0 saturated carbocycles. The molecule has 0 aromatic heterocycles. The van der Waals surface area contributed by atoms with E-state index < -0.39 is 10.0 Å². The molecule has 0 bridgehead atoms. The molecule has 0 amide bonds. The number of benzene rings is 2. The Morgan fingerprint density at radius 2 is 1.71 bits per heavy atom. The maximum Gasteiger partial charge on any atom is 0.264 e. The molecular formula is C19H21NO3S. The number of hydrogen-bond donors (Lipinski definition) is 0. The summed E-state index contributed by atoms with van der Waals surface area (Å²) in [5.74, 6) is 0.606. The zero-order valence-corrected chi connectivity index (χ0v) is 14.7. The molecular weight excluding hydrogens is 322 g/mol. The van der Waals surface area contributed by atoms with Crippen LogP contribution in [0.2, 0.25) is 0 Å². The third-order valence-electron chi connectivity index (χ3n) is 4.08. The van der Waals surface area contributed by atoms with Crippen LogP contribution in [0.25, 0.3) is 0 Å². The molecule has 0 unspecified atom stereocenters. The van der Waals surface area contributed by atoms with E-state index in [1.807, 2.05) is 49.4 Å². The van der Waals surface area contributed by atoms with Crippen molar-refractivity contribution in [2.24, 2.45) is 0 Å². The Hall–Kier alpha value is -2.27. The molecule has 5 heteroatoms. The topological polar surface area (TPSA) is 46.6 Å². The molecule has 0 spiro atoms.